The van der Waals surface area contributed by atoms with Crippen molar-refractivity contribution in [3.05, 3.63) is 22.5 Å². The van der Waals surface area contributed by atoms with Crippen molar-refractivity contribution in [2.75, 3.05) is 26.3 Å². The molecule has 0 aromatic carbocycles. The second-order valence-corrected chi connectivity index (χ2v) is 8.28. The minimum absolute atomic E-state index is 0.00124. The lowest BCUT2D eigenvalue weighted by atomic mass is 9.91. The monoisotopic (exact) mass is 386 g/mol. The van der Waals surface area contributed by atoms with Crippen molar-refractivity contribution in [3.8, 4) is 0 Å². The van der Waals surface area contributed by atoms with Gasteiger partial charge in [0.15, 0.2) is 5.15 Å². The van der Waals surface area contributed by atoms with E-state index in [9.17, 15) is 8.78 Å². The van der Waals surface area contributed by atoms with Gasteiger partial charge in [-0.2, -0.15) is 5.10 Å². The van der Waals surface area contributed by atoms with Crippen LogP contribution < -0.4 is 5.73 Å². The van der Waals surface area contributed by atoms with Crippen LogP contribution in [0.1, 0.15) is 49.4 Å². The first-order valence-electron chi connectivity index (χ1n) is 9.41. The molecular weight excluding hydrogens is 362 g/mol. The largest absolute Gasteiger partial charge is 0.381 e. The normalized spacial score (nSPS) is 33.1. The molecule has 1 saturated carbocycles. The smallest absolute Gasteiger partial charge is 0.266 e. The number of hydrogen-bond acceptors (Lipinski definition) is 5. The maximum Gasteiger partial charge on any atom is 0.266 e. The number of nitrogens with zero attached hydrogens (tertiary/aromatic N) is 3. The van der Waals surface area contributed by atoms with E-state index in [0.29, 0.717) is 23.4 Å². The third kappa shape index (κ3) is 3.59. The summed E-state index contributed by atoms with van der Waals surface area (Å²) in [6, 6.07) is 1.64. The van der Waals surface area contributed by atoms with Crippen molar-refractivity contribution < 1.29 is 13.5 Å². The Morgan fingerprint density at radius 2 is 2.04 bits per heavy atom. The molecule has 0 bridgehead atoms. The van der Waals surface area contributed by atoms with Gasteiger partial charge in [0.25, 0.3) is 6.43 Å². The highest BCUT2D eigenvalue weighted by Gasteiger charge is 2.48. The van der Waals surface area contributed by atoms with E-state index in [2.05, 4.69) is 15.1 Å². The molecule has 26 heavy (non-hydrogen) atoms. The van der Waals surface area contributed by atoms with Gasteiger partial charge in [-0.1, -0.05) is 11.6 Å². The topological polar surface area (TPSA) is 64.3 Å². The van der Waals surface area contributed by atoms with Crippen LogP contribution in [-0.4, -0.2) is 47.4 Å². The molecule has 4 unspecified atom stereocenters. The number of nitrogens with two attached hydrogens (primary N) is 1. The van der Waals surface area contributed by atoms with Gasteiger partial charge < -0.3 is 10.5 Å². The zero-order valence-electron chi connectivity index (χ0n) is 14.7. The molecule has 3 aliphatic rings. The molecule has 0 radical (unpaired) electrons. The Morgan fingerprint density at radius 3 is 2.77 bits per heavy atom. The second kappa shape index (κ2) is 7.62. The number of alkyl halides is 2. The second-order valence-electron chi connectivity index (χ2n) is 7.93. The molecule has 4 atom stereocenters. The van der Waals surface area contributed by atoms with Crippen molar-refractivity contribution in [1.29, 1.82) is 0 Å². The van der Waals surface area contributed by atoms with E-state index in [1.807, 2.05) is 0 Å². The minimum Gasteiger partial charge on any atom is -0.381 e. The van der Waals surface area contributed by atoms with Crippen LogP contribution in [-0.2, 0) is 4.74 Å². The van der Waals surface area contributed by atoms with Gasteiger partial charge in [0, 0.05) is 32.3 Å². The summed E-state index contributed by atoms with van der Waals surface area (Å²) in [6.07, 6.45) is 1.35. The SMILES string of the molecule is NC1CC2CN(CC3CCOCC3)C(c3cc(C(F)F)c(Cl)nn3)C2C1. The fourth-order valence-corrected chi connectivity index (χ4v) is 5.22. The molecule has 3 heterocycles. The van der Waals surface area contributed by atoms with Crippen LogP contribution in [0, 0.1) is 17.8 Å². The number of rotatable bonds is 4. The van der Waals surface area contributed by atoms with Gasteiger partial charge in [0.2, 0.25) is 0 Å². The number of aromatic nitrogens is 2. The number of hydrogen-bond donors (Lipinski definition) is 1. The van der Waals surface area contributed by atoms with Crippen LogP contribution in [0.2, 0.25) is 5.15 Å². The summed E-state index contributed by atoms with van der Waals surface area (Å²) >= 11 is 5.82. The number of likely N-dealkylation sites (tertiary alicyclic amines) is 1. The minimum atomic E-state index is -2.65. The Labute approximate surface area is 157 Å². The van der Waals surface area contributed by atoms with E-state index in [-0.39, 0.29) is 22.8 Å². The van der Waals surface area contributed by atoms with Crippen molar-refractivity contribution in [1.82, 2.24) is 15.1 Å². The fourth-order valence-electron chi connectivity index (χ4n) is 5.04. The molecule has 8 heteroatoms. The molecule has 0 spiro atoms. The molecule has 144 valence electrons. The van der Waals surface area contributed by atoms with Gasteiger partial charge in [-0.25, -0.2) is 8.78 Å². The third-order valence-corrected chi connectivity index (χ3v) is 6.51. The van der Waals surface area contributed by atoms with E-state index in [1.54, 1.807) is 0 Å². The van der Waals surface area contributed by atoms with Crippen molar-refractivity contribution in [3.63, 3.8) is 0 Å². The highest BCUT2D eigenvalue weighted by molar-refractivity contribution is 6.30. The summed E-state index contributed by atoms with van der Waals surface area (Å²) in [4.78, 5) is 2.42. The summed E-state index contributed by atoms with van der Waals surface area (Å²) in [6.45, 7) is 3.51. The Morgan fingerprint density at radius 1 is 1.27 bits per heavy atom. The molecule has 0 amide bonds. The highest BCUT2D eigenvalue weighted by atomic mass is 35.5. The summed E-state index contributed by atoms with van der Waals surface area (Å²) in [5.74, 6) is 1.43. The molecule has 5 nitrogen and oxygen atoms in total. The Kier molecular flexibility index (Phi) is 5.41. The summed E-state index contributed by atoms with van der Waals surface area (Å²) < 4.78 is 32.1. The first-order chi connectivity index (χ1) is 12.5. The maximum atomic E-state index is 13.3. The highest BCUT2D eigenvalue weighted by Crippen LogP contribution is 2.49. The van der Waals surface area contributed by atoms with E-state index in [4.69, 9.17) is 22.1 Å². The predicted molar refractivity (Wildman–Crippen MR) is 94.0 cm³/mol. The van der Waals surface area contributed by atoms with Crippen LogP contribution in [0.4, 0.5) is 8.78 Å². The van der Waals surface area contributed by atoms with Gasteiger partial charge in [-0.3, -0.25) is 4.90 Å². The lowest BCUT2D eigenvalue weighted by Gasteiger charge is -2.32. The van der Waals surface area contributed by atoms with Gasteiger partial charge >= 0.3 is 0 Å². The first-order valence-corrected chi connectivity index (χ1v) is 9.79. The average Bonchev–Trinajstić information content (AvgIpc) is 3.11. The van der Waals surface area contributed by atoms with Crippen LogP contribution in [0.15, 0.2) is 6.07 Å². The number of halogens is 3. The van der Waals surface area contributed by atoms with Crippen LogP contribution in [0.5, 0.6) is 0 Å². The predicted octanol–water partition coefficient (Wildman–Crippen LogP) is 3.20. The van der Waals surface area contributed by atoms with E-state index in [0.717, 1.165) is 52.0 Å². The summed E-state index contributed by atoms with van der Waals surface area (Å²) in [5.41, 5.74) is 6.57. The van der Waals surface area contributed by atoms with E-state index >= 15 is 0 Å². The zero-order valence-corrected chi connectivity index (χ0v) is 15.4. The first kappa shape index (κ1) is 18.5. The van der Waals surface area contributed by atoms with Crippen molar-refractivity contribution in [2.24, 2.45) is 23.5 Å². The lowest BCUT2D eigenvalue weighted by Crippen LogP contribution is -2.35. The molecule has 3 fully saturated rings. The molecular formula is C18H25ClF2N4O. The van der Waals surface area contributed by atoms with Gasteiger partial charge in [0.05, 0.1) is 17.3 Å². The van der Waals surface area contributed by atoms with Gasteiger partial charge in [-0.15, -0.1) is 5.10 Å². The van der Waals surface area contributed by atoms with Crippen LogP contribution in [0.25, 0.3) is 0 Å². The summed E-state index contributed by atoms with van der Waals surface area (Å²) in [5, 5.41) is 7.82. The Bertz CT molecular complexity index is 644. The molecule has 4 rings (SSSR count). The van der Waals surface area contributed by atoms with Gasteiger partial charge in [-0.05, 0) is 49.5 Å². The number of fused-ring (bicyclic) bond motifs is 1. The molecule has 1 aromatic rings. The van der Waals surface area contributed by atoms with Gasteiger partial charge in [0.1, 0.15) is 0 Å². The average molecular weight is 387 g/mol. The lowest BCUT2D eigenvalue weighted by molar-refractivity contribution is 0.0480. The molecule has 2 saturated heterocycles. The van der Waals surface area contributed by atoms with E-state index < -0.39 is 6.43 Å². The molecule has 2 aliphatic heterocycles. The molecule has 1 aliphatic carbocycles. The quantitative estimate of drug-likeness (QED) is 0.860. The summed E-state index contributed by atoms with van der Waals surface area (Å²) in [7, 11) is 0. The Hall–Kier alpha value is -0.890. The standard InChI is InChI=1S/C18H25ClF2N4O/c19-17-14(18(20)21)7-15(23-24-17)16-13-6-12(22)5-11(13)9-25(16)8-10-1-3-26-4-2-10/h7,10-13,16,18H,1-6,8-9,22H2. The number of ether oxygens (including phenoxy) is 1. The fraction of sp³-hybridized carbons (Fsp3) is 0.778. The van der Waals surface area contributed by atoms with Crippen LogP contribution in [0.3, 0.4) is 0 Å². The van der Waals surface area contributed by atoms with Crippen molar-refractivity contribution in [2.45, 2.75) is 44.2 Å². The molecule has 1 aromatic heterocycles. The third-order valence-electron chi connectivity index (χ3n) is 6.22. The van der Waals surface area contributed by atoms with Crippen LogP contribution >= 0.6 is 11.6 Å². The van der Waals surface area contributed by atoms with Crippen molar-refractivity contribution >= 4 is 11.6 Å². The Balaban J connectivity index is 1.61. The molecule has 2 N–H and O–H groups in total. The maximum absolute atomic E-state index is 13.3. The van der Waals surface area contributed by atoms with E-state index in [1.165, 1.54) is 6.07 Å². The zero-order chi connectivity index (χ0) is 18.3.